The SMILES string of the molecule is CCOc1cc(C(=O)N(C)Cc2cc(C#N)cc3cn[nH]c23)cnc1-c1cccc(C#N)c1.CCOc1cc(C(=O)N(C)Cc2cc(C#N)cc3cn[nH]c23)cnc1-c1cccc(F)c1.CCOc1cc(C(=O)N(C)Cc2cccc3cn[nH]c23)nnc1-c1cccc(F)c1.CN(Cc1cccc2cn[nH]c12)C(=O)c1ccc(-c2cccc(F)c2)c(C2CC2)c1. The number of hydrogen-bond donors (Lipinski definition) is 4. The number of carbonyl (C=O) groups excluding carboxylic acids is 4. The average molecular weight is 1670 g/mol. The maximum atomic E-state index is 13.7. The number of para-hydroxylation sites is 2. The first-order valence-electron chi connectivity index (χ1n) is 39.9. The molecule has 29 heteroatoms. The first kappa shape index (κ1) is 85.2. The zero-order valence-corrected chi connectivity index (χ0v) is 69.1. The Kier molecular flexibility index (Phi) is 26.5. The van der Waals surface area contributed by atoms with Crippen LogP contribution in [0.5, 0.6) is 17.2 Å². The molecule has 0 saturated heterocycles. The van der Waals surface area contributed by atoms with Crippen LogP contribution in [0.2, 0.25) is 0 Å². The first-order valence-corrected chi connectivity index (χ1v) is 39.9. The van der Waals surface area contributed by atoms with Crippen molar-refractivity contribution in [3.63, 3.8) is 0 Å². The van der Waals surface area contributed by atoms with E-state index < -0.39 is 0 Å². The number of hydrogen-bond acceptors (Lipinski definition) is 18. The van der Waals surface area contributed by atoms with Gasteiger partial charge in [-0.2, -0.15) is 36.2 Å². The van der Waals surface area contributed by atoms with E-state index in [0.29, 0.717) is 118 Å². The van der Waals surface area contributed by atoms with Gasteiger partial charge < -0.3 is 33.8 Å². The smallest absolute Gasteiger partial charge is 0.274 e. The summed E-state index contributed by atoms with van der Waals surface area (Å²) < 4.78 is 58.2. The Hall–Kier alpha value is -16.2. The van der Waals surface area contributed by atoms with Crippen LogP contribution in [-0.2, 0) is 26.2 Å². The molecule has 1 aliphatic rings. The summed E-state index contributed by atoms with van der Waals surface area (Å²) in [5.74, 6) is -0.150. The second kappa shape index (κ2) is 38.9. The van der Waals surface area contributed by atoms with Gasteiger partial charge >= 0.3 is 0 Å². The zero-order valence-electron chi connectivity index (χ0n) is 69.1. The summed E-state index contributed by atoms with van der Waals surface area (Å²) in [6.45, 7) is 8.06. The number of benzene rings is 9. The zero-order chi connectivity index (χ0) is 87.8. The van der Waals surface area contributed by atoms with Crippen LogP contribution >= 0.6 is 0 Å². The molecule has 0 bridgehead atoms. The molecular formula is C96H82F3N19O7. The molecule has 26 nitrogen and oxygen atoms in total. The number of halogens is 3. The van der Waals surface area contributed by atoms with Crippen molar-refractivity contribution in [1.29, 1.82) is 15.8 Å². The van der Waals surface area contributed by atoms with Gasteiger partial charge in [0.25, 0.3) is 23.6 Å². The van der Waals surface area contributed by atoms with E-state index in [1.807, 2.05) is 94.5 Å². The van der Waals surface area contributed by atoms with E-state index in [1.165, 1.54) is 47.6 Å². The molecule has 4 amide bonds. The van der Waals surface area contributed by atoms with Gasteiger partial charge in [0.05, 0.1) is 113 Å². The third-order valence-corrected chi connectivity index (χ3v) is 20.7. The fourth-order valence-corrected chi connectivity index (χ4v) is 14.5. The van der Waals surface area contributed by atoms with E-state index in [-0.39, 0.29) is 59.9 Å². The molecule has 0 atom stereocenters. The van der Waals surface area contributed by atoms with Gasteiger partial charge in [-0.3, -0.25) is 49.5 Å². The molecule has 1 aliphatic carbocycles. The van der Waals surface area contributed by atoms with E-state index in [1.54, 1.807) is 158 Å². The Labute approximate surface area is 716 Å². The minimum Gasteiger partial charge on any atom is -0.492 e. The number of nitrogens with zero attached hydrogens (tertiary/aromatic N) is 15. The Bertz CT molecular complexity index is 6840. The fourth-order valence-electron chi connectivity index (χ4n) is 14.5. The molecular weight excluding hydrogens is 1590 g/mol. The van der Waals surface area contributed by atoms with Crippen LogP contribution < -0.4 is 14.2 Å². The molecule has 125 heavy (non-hydrogen) atoms. The molecule has 16 aromatic rings. The van der Waals surface area contributed by atoms with Crippen molar-refractivity contribution < 1.29 is 46.6 Å². The normalized spacial score (nSPS) is 11.4. The highest BCUT2D eigenvalue weighted by Gasteiger charge is 2.29. The number of amides is 4. The fraction of sp³-hybridized carbons (Fsp3) is 0.177. The molecule has 7 aromatic heterocycles. The number of aromatic amines is 4. The highest BCUT2D eigenvalue weighted by molar-refractivity contribution is 5.98. The number of rotatable bonds is 23. The summed E-state index contributed by atoms with van der Waals surface area (Å²) in [5.41, 5.74) is 16.2. The van der Waals surface area contributed by atoms with E-state index in [9.17, 15) is 48.1 Å². The van der Waals surface area contributed by atoms with Gasteiger partial charge in [-0.15, -0.1) is 10.2 Å². The van der Waals surface area contributed by atoms with Gasteiger partial charge in [0.15, 0.2) is 5.69 Å². The van der Waals surface area contributed by atoms with E-state index in [2.05, 4.69) is 79.2 Å². The Morgan fingerprint density at radius 3 is 1.23 bits per heavy atom. The van der Waals surface area contributed by atoms with Gasteiger partial charge in [-0.1, -0.05) is 91.0 Å². The summed E-state index contributed by atoms with van der Waals surface area (Å²) >= 11 is 0. The van der Waals surface area contributed by atoms with Gasteiger partial charge in [0, 0.05) is 117 Å². The standard InChI is InChI=1S/C25H22FN3O.C25H20N6O2.C24H20FN5O2.C22H20FN5O2/c1-29(15-20-6-2-5-19-14-27-28-24(19)20)25(30)18-10-11-22(23(13-18)16-8-9-16)17-4-3-7-21(26)12-17;1-3-33-22-10-20(13-28-24(22)18-6-4-5-16(7-18)11-26)25(32)31(2)15-21-9-17(12-27)8-19-14-29-30-23(19)21;1-3-32-21-10-18(12-27-23(21)16-5-4-6-20(25)9-16)24(31)30(2)14-19-8-15(11-26)7-17-13-28-29-22(17)19;1-3-30-19-11-18(25-27-21(19)14-6-5-9-17(23)10-14)22(29)28(2)13-16-8-4-7-15-12-24-26-20(15)16/h2-7,10-14,16H,8-9,15H2,1H3,(H,27,28);4-10,13-14H,3,15H2,1-2H3,(H,29,30);4-10,12-13H,3,14H2,1-2H3,(H,28,29);4-12H,3,13H2,1-2H3,(H,24,26). The summed E-state index contributed by atoms with van der Waals surface area (Å²) in [5, 5.41) is 67.7. The number of fused-ring (bicyclic) bond motifs is 4. The lowest BCUT2D eigenvalue weighted by Crippen LogP contribution is -2.27. The predicted molar refractivity (Wildman–Crippen MR) is 466 cm³/mol. The third-order valence-electron chi connectivity index (χ3n) is 20.7. The highest BCUT2D eigenvalue weighted by atomic mass is 19.1. The number of nitrogens with one attached hydrogen (secondary N) is 4. The van der Waals surface area contributed by atoms with Crippen molar-refractivity contribution in [2.75, 3.05) is 48.0 Å². The number of H-pyrrole nitrogens is 4. The molecule has 1 fully saturated rings. The Morgan fingerprint density at radius 2 is 0.776 bits per heavy atom. The minimum atomic E-state index is -0.385. The van der Waals surface area contributed by atoms with Crippen LogP contribution in [0.4, 0.5) is 13.2 Å². The molecule has 0 unspecified atom stereocenters. The number of ether oxygens (including phenoxy) is 3. The van der Waals surface area contributed by atoms with Gasteiger partial charge in [-0.05, 0) is 176 Å². The van der Waals surface area contributed by atoms with Crippen molar-refractivity contribution in [3.05, 3.63) is 316 Å². The summed E-state index contributed by atoms with van der Waals surface area (Å²) in [6, 6.07) is 61.6. The molecule has 624 valence electrons. The Morgan fingerprint density at radius 1 is 0.384 bits per heavy atom. The lowest BCUT2D eigenvalue weighted by Gasteiger charge is -2.19. The molecule has 1 saturated carbocycles. The number of aromatic nitrogens is 12. The average Bonchev–Trinajstić information content (AvgIpc) is 1.72. The summed E-state index contributed by atoms with van der Waals surface area (Å²) in [6.07, 6.45) is 12.0. The van der Waals surface area contributed by atoms with Crippen molar-refractivity contribution in [2.24, 2.45) is 0 Å². The van der Waals surface area contributed by atoms with Crippen LogP contribution in [0, 0.1) is 51.4 Å². The van der Waals surface area contributed by atoms with Gasteiger partial charge in [0.1, 0.15) is 51.8 Å². The molecule has 0 aliphatic heterocycles. The van der Waals surface area contributed by atoms with Gasteiger partial charge in [0.2, 0.25) is 0 Å². The maximum Gasteiger partial charge on any atom is 0.274 e. The van der Waals surface area contributed by atoms with Crippen LogP contribution in [0.3, 0.4) is 0 Å². The van der Waals surface area contributed by atoms with Crippen LogP contribution in [0.15, 0.2) is 231 Å². The number of nitriles is 3. The largest absolute Gasteiger partial charge is 0.492 e. The summed E-state index contributed by atoms with van der Waals surface area (Å²) in [7, 11) is 6.87. The molecule has 0 spiro atoms. The first-order chi connectivity index (χ1) is 60.7. The van der Waals surface area contributed by atoms with Crippen LogP contribution in [0.1, 0.15) is 126 Å². The van der Waals surface area contributed by atoms with E-state index in [0.717, 1.165) is 101 Å². The van der Waals surface area contributed by atoms with Crippen molar-refractivity contribution >= 4 is 67.2 Å². The lowest BCUT2D eigenvalue weighted by molar-refractivity contribution is 0.0772. The maximum absolute atomic E-state index is 13.7. The highest BCUT2D eigenvalue weighted by Crippen LogP contribution is 2.45. The number of pyridine rings is 2. The third kappa shape index (κ3) is 20.0. The molecule has 4 N–H and O–H groups in total. The van der Waals surface area contributed by atoms with E-state index >= 15 is 0 Å². The second-order valence-electron chi connectivity index (χ2n) is 29.5. The summed E-state index contributed by atoms with van der Waals surface area (Å²) in [4.78, 5) is 67.7. The van der Waals surface area contributed by atoms with Crippen molar-refractivity contribution in [1.82, 2.24) is 80.6 Å². The van der Waals surface area contributed by atoms with Crippen molar-refractivity contribution in [3.8, 4) is 80.4 Å². The predicted octanol–water partition coefficient (Wildman–Crippen LogP) is 17.7. The minimum absolute atomic E-state index is 0.0285. The Balaban J connectivity index is 0.000000136. The van der Waals surface area contributed by atoms with Crippen LogP contribution in [-0.4, -0.2) is 152 Å². The van der Waals surface area contributed by atoms with Crippen LogP contribution in [0.25, 0.3) is 88.5 Å². The molecule has 9 aromatic carbocycles. The van der Waals surface area contributed by atoms with Crippen molar-refractivity contribution in [2.45, 2.75) is 65.7 Å². The molecule has 17 rings (SSSR count). The molecule has 0 radical (unpaired) electrons. The molecule has 7 heterocycles. The van der Waals surface area contributed by atoms with Gasteiger partial charge in [-0.25, -0.2) is 13.2 Å². The topological polar surface area (TPSA) is 347 Å². The van der Waals surface area contributed by atoms with E-state index in [4.69, 9.17) is 14.2 Å². The number of carbonyl (C=O) groups is 4. The second-order valence-corrected chi connectivity index (χ2v) is 29.5. The monoisotopic (exact) mass is 1670 g/mol. The lowest BCUT2D eigenvalue weighted by atomic mass is 9.94. The quantitative estimate of drug-likeness (QED) is 0.0462.